The lowest BCUT2D eigenvalue weighted by molar-refractivity contribution is -0.140. The zero-order valence-corrected chi connectivity index (χ0v) is 9.36. The molecule has 0 heterocycles. The van der Waals surface area contributed by atoms with Crippen molar-refractivity contribution in [1.82, 2.24) is 5.32 Å². The van der Waals surface area contributed by atoms with Gasteiger partial charge in [-0.25, -0.2) is 0 Å². The maximum Gasteiger partial charge on any atom is 0.416 e. The Balaban J connectivity index is 2.89. The van der Waals surface area contributed by atoms with Crippen LogP contribution in [0.1, 0.15) is 23.6 Å². The van der Waals surface area contributed by atoms with Gasteiger partial charge in [0.2, 0.25) is 0 Å². The van der Waals surface area contributed by atoms with Crippen molar-refractivity contribution >= 4 is 0 Å². The molecule has 1 rings (SSSR count). The standard InChI is InChI=1S/C11H11F6N/c1-18-9(6-10(12,13)14)7-2-4-8(5-3-7)11(15,16)17/h2-5,9,18H,6H2,1H3. The maximum absolute atomic E-state index is 12.3. The normalized spacial score (nSPS) is 14.6. The zero-order chi connectivity index (χ0) is 14.0. The van der Waals surface area contributed by atoms with Crippen LogP contribution in [0.5, 0.6) is 0 Å². The molecular weight excluding hydrogens is 260 g/mol. The minimum atomic E-state index is -4.49. The highest BCUT2D eigenvalue weighted by Gasteiger charge is 2.33. The predicted molar refractivity (Wildman–Crippen MR) is 53.9 cm³/mol. The highest BCUT2D eigenvalue weighted by atomic mass is 19.4. The quantitative estimate of drug-likeness (QED) is 0.822. The lowest BCUT2D eigenvalue weighted by Gasteiger charge is -2.19. The van der Waals surface area contributed by atoms with E-state index < -0.39 is 30.4 Å². The number of halogens is 6. The summed E-state index contributed by atoms with van der Waals surface area (Å²) in [4.78, 5) is 0. The van der Waals surface area contributed by atoms with Crippen LogP contribution in [0.3, 0.4) is 0 Å². The van der Waals surface area contributed by atoms with Crippen LogP contribution in [0.25, 0.3) is 0 Å². The molecule has 102 valence electrons. The van der Waals surface area contributed by atoms with E-state index in [1.165, 1.54) is 7.05 Å². The Labute approximate surface area is 99.8 Å². The number of rotatable bonds is 3. The average molecular weight is 271 g/mol. The summed E-state index contributed by atoms with van der Waals surface area (Å²) in [6.07, 6.45) is -10.00. The molecule has 0 aliphatic heterocycles. The summed E-state index contributed by atoms with van der Waals surface area (Å²) < 4.78 is 73.5. The number of benzene rings is 1. The van der Waals surface area contributed by atoms with Crippen molar-refractivity contribution in [3.05, 3.63) is 35.4 Å². The number of hydrogen-bond acceptors (Lipinski definition) is 1. The molecule has 1 atom stereocenters. The first-order valence-electron chi connectivity index (χ1n) is 5.04. The molecule has 7 heteroatoms. The Hall–Kier alpha value is -1.24. The summed E-state index contributed by atoms with van der Waals surface area (Å²) in [5, 5.41) is 2.43. The summed E-state index contributed by atoms with van der Waals surface area (Å²) in [5.41, 5.74) is -0.712. The van der Waals surface area contributed by atoms with Gasteiger partial charge >= 0.3 is 12.4 Å². The van der Waals surface area contributed by atoms with Gasteiger partial charge in [-0.05, 0) is 24.7 Å². The maximum atomic E-state index is 12.3. The number of alkyl halides is 6. The molecule has 0 saturated heterocycles. The van der Waals surface area contributed by atoms with Crippen LogP contribution in [0, 0.1) is 0 Å². The molecule has 0 aliphatic carbocycles. The van der Waals surface area contributed by atoms with Gasteiger partial charge in [0.25, 0.3) is 0 Å². The Morgan fingerprint density at radius 1 is 1.00 bits per heavy atom. The molecule has 0 bridgehead atoms. The second-order valence-electron chi connectivity index (χ2n) is 3.78. The van der Waals surface area contributed by atoms with Crippen LogP contribution in [-0.2, 0) is 6.18 Å². The predicted octanol–water partition coefficient (Wildman–Crippen LogP) is 3.92. The molecule has 1 aromatic rings. The van der Waals surface area contributed by atoms with Crippen LogP contribution < -0.4 is 5.32 Å². The van der Waals surface area contributed by atoms with Crippen molar-refractivity contribution in [1.29, 1.82) is 0 Å². The van der Waals surface area contributed by atoms with E-state index >= 15 is 0 Å². The van der Waals surface area contributed by atoms with E-state index in [-0.39, 0.29) is 5.56 Å². The molecule has 0 saturated carbocycles. The van der Waals surface area contributed by atoms with E-state index in [0.717, 1.165) is 24.3 Å². The molecule has 1 unspecified atom stereocenters. The van der Waals surface area contributed by atoms with Gasteiger partial charge in [0.15, 0.2) is 0 Å². The lowest BCUT2D eigenvalue weighted by atomic mass is 10.0. The minimum Gasteiger partial charge on any atom is -0.313 e. The van der Waals surface area contributed by atoms with Crippen LogP contribution in [-0.4, -0.2) is 13.2 Å². The smallest absolute Gasteiger partial charge is 0.313 e. The zero-order valence-electron chi connectivity index (χ0n) is 9.36. The van der Waals surface area contributed by atoms with Gasteiger partial charge in [-0.3, -0.25) is 0 Å². The van der Waals surface area contributed by atoms with E-state index in [0.29, 0.717) is 0 Å². The lowest BCUT2D eigenvalue weighted by Crippen LogP contribution is -2.23. The van der Waals surface area contributed by atoms with E-state index in [1.54, 1.807) is 0 Å². The first-order chi connectivity index (χ1) is 8.13. The van der Waals surface area contributed by atoms with Gasteiger partial charge < -0.3 is 5.32 Å². The second kappa shape index (κ2) is 5.17. The SMILES string of the molecule is CNC(CC(F)(F)F)c1ccc(C(F)(F)F)cc1. The van der Waals surface area contributed by atoms with Crippen LogP contribution in [0.15, 0.2) is 24.3 Å². The van der Waals surface area contributed by atoms with E-state index in [4.69, 9.17) is 0 Å². The van der Waals surface area contributed by atoms with Crippen molar-refractivity contribution in [3.63, 3.8) is 0 Å². The highest BCUT2D eigenvalue weighted by molar-refractivity contribution is 5.26. The van der Waals surface area contributed by atoms with Crippen LogP contribution in [0.2, 0.25) is 0 Å². The Kier molecular flexibility index (Phi) is 4.26. The minimum absolute atomic E-state index is 0.169. The summed E-state index contributed by atoms with van der Waals surface area (Å²) in [6, 6.07) is 2.60. The van der Waals surface area contributed by atoms with Crippen LogP contribution in [0.4, 0.5) is 26.3 Å². The van der Waals surface area contributed by atoms with Gasteiger partial charge in [0.05, 0.1) is 12.0 Å². The molecule has 1 aromatic carbocycles. The van der Waals surface area contributed by atoms with Gasteiger partial charge in [0, 0.05) is 6.04 Å². The molecular formula is C11H11F6N. The van der Waals surface area contributed by atoms with Crippen LogP contribution >= 0.6 is 0 Å². The van der Waals surface area contributed by atoms with Gasteiger partial charge in [-0.15, -0.1) is 0 Å². The Morgan fingerprint density at radius 3 is 1.83 bits per heavy atom. The third-order valence-corrected chi connectivity index (χ3v) is 2.42. The fraction of sp³-hybridized carbons (Fsp3) is 0.455. The molecule has 0 aliphatic rings. The van der Waals surface area contributed by atoms with Crippen molar-refractivity contribution in [2.75, 3.05) is 7.05 Å². The average Bonchev–Trinajstić information content (AvgIpc) is 2.24. The highest BCUT2D eigenvalue weighted by Crippen LogP contribution is 2.32. The summed E-state index contributed by atoms with van der Waals surface area (Å²) in [7, 11) is 1.33. The van der Waals surface area contributed by atoms with Crippen molar-refractivity contribution in [2.45, 2.75) is 24.8 Å². The summed E-state index contributed by atoms with van der Waals surface area (Å²) in [6.45, 7) is 0. The van der Waals surface area contributed by atoms with E-state index in [9.17, 15) is 26.3 Å². The van der Waals surface area contributed by atoms with Gasteiger partial charge in [-0.2, -0.15) is 26.3 Å². The Bertz CT molecular complexity index is 378. The van der Waals surface area contributed by atoms with Crippen molar-refractivity contribution in [2.24, 2.45) is 0 Å². The van der Waals surface area contributed by atoms with Crippen molar-refractivity contribution < 1.29 is 26.3 Å². The fourth-order valence-electron chi connectivity index (χ4n) is 1.52. The molecule has 18 heavy (non-hydrogen) atoms. The molecule has 0 aromatic heterocycles. The third kappa shape index (κ3) is 4.21. The molecule has 0 fully saturated rings. The summed E-state index contributed by atoms with van der Waals surface area (Å²) >= 11 is 0. The van der Waals surface area contributed by atoms with Crippen molar-refractivity contribution in [3.8, 4) is 0 Å². The molecule has 1 N–H and O–H groups in total. The molecule has 0 amide bonds. The molecule has 1 nitrogen and oxygen atoms in total. The topological polar surface area (TPSA) is 12.0 Å². The van der Waals surface area contributed by atoms with E-state index in [2.05, 4.69) is 5.32 Å². The molecule has 0 spiro atoms. The van der Waals surface area contributed by atoms with E-state index in [1.807, 2.05) is 0 Å². The first kappa shape index (κ1) is 14.8. The number of nitrogens with one attached hydrogen (secondary N) is 1. The first-order valence-corrected chi connectivity index (χ1v) is 5.04. The monoisotopic (exact) mass is 271 g/mol. The third-order valence-electron chi connectivity index (χ3n) is 2.42. The largest absolute Gasteiger partial charge is 0.416 e. The summed E-state index contributed by atoms with van der Waals surface area (Å²) in [5.74, 6) is 0. The second-order valence-corrected chi connectivity index (χ2v) is 3.78. The molecule has 0 radical (unpaired) electrons. The van der Waals surface area contributed by atoms with Gasteiger partial charge in [0.1, 0.15) is 0 Å². The van der Waals surface area contributed by atoms with Gasteiger partial charge in [-0.1, -0.05) is 12.1 Å². The fourth-order valence-corrected chi connectivity index (χ4v) is 1.52. The number of hydrogen-bond donors (Lipinski definition) is 1. The Morgan fingerprint density at radius 2 is 1.50 bits per heavy atom.